The summed E-state index contributed by atoms with van der Waals surface area (Å²) in [5.41, 5.74) is 0.147. The summed E-state index contributed by atoms with van der Waals surface area (Å²) in [5.74, 6) is 0. The van der Waals surface area contributed by atoms with Crippen LogP contribution in [-0.2, 0) is 4.74 Å². The third-order valence-corrected chi connectivity index (χ3v) is 2.13. The van der Waals surface area contributed by atoms with Gasteiger partial charge >= 0.3 is 0 Å². The summed E-state index contributed by atoms with van der Waals surface area (Å²) >= 11 is 0. The molecule has 0 atom stereocenters. The predicted octanol–water partition coefficient (Wildman–Crippen LogP) is 2.16. The average molecular weight is 271 g/mol. The van der Waals surface area contributed by atoms with Crippen molar-refractivity contribution in [3.8, 4) is 6.07 Å². The SMILES string of the molecule is N#Cc1cc(NCCOCC(F)F)ccc1[N+](=O)[O-]. The van der Waals surface area contributed by atoms with Crippen LogP contribution in [0.1, 0.15) is 5.56 Å². The lowest BCUT2D eigenvalue weighted by Crippen LogP contribution is -2.13. The largest absolute Gasteiger partial charge is 0.383 e. The first-order chi connectivity index (χ1) is 9.04. The Balaban J connectivity index is 2.52. The van der Waals surface area contributed by atoms with E-state index in [0.29, 0.717) is 5.69 Å². The molecule has 0 fully saturated rings. The van der Waals surface area contributed by atoms with Crippen molar-refractivity contribution in [3.05, 3.63) is 33.9 Å². The molecule has 0 bridgehead atoms. The van der Waals surface area contributed by atoms with Crippen LogP contribution in [0, 0.1) is 21.4 Å². The molecule has 0 amide bonds. The number of nitro benzene ring substituents is 1. The number of hydrogen-bond donors (Lipinski definition) is 1. The minimum absolute atomic E-state index is 0.0662. The van der Waals surface area contributed by atoms with Gasteiger partial charge in [0.2, 0.25) is 0 Å². The number of rotatable bonds is 7. The zero-order valence-electron chi connectivity index (χ0n) is 9.81. The Hall–Kier alpha value is -2.27. The molecule has 1 rings (SSSR count). The Kier molecular flexibility index (Phi) is 5.63. The molecule has 1 aromatic rings. The van der Waals surface area contributed by atoms with E-state index < -0.39 is 18.0 Å². The monoisotopic (exact) mass is 271 g/mol. The minimum Gasteiger partial charge on any atom is -0.383 e. The third kappa shape index (κ3) is 4.85. The molecule has 1 aromatic carbocycles. The smallest absolute Gasteiger partial charge is 0.287 e. The molecule has 0 unspecified atom stereocenters. The van der Waals surface area contributed by atoms with Gasteiger partial charge in [0.15, 0.2) is 0 Å². The summed E-state index contributed by atoms with van der Waals surface area (Å²) in [7, 11) is 0. The molecule has 1 N–H and O–H groups in total. The van der Waals surface area contributed by atoms with Crippen molar-refractivity contribution >= 4 is 11.4 Å². The second-order valence-electron chi connectivity index (χ2n) is 3.49. The van der Waals surface area contributed by atoms with Gasteiger partial charge in [-0.05, 0) is 12.1 Å². The maximum absolute atomic E-state index is 11.8. The van der Waals surface area contributed by atoms with Gasteiger partial charge in [-0.15, -0.1) is 0 Å². The lowest BCUT2D eigenvalue weighted by molar-refractivity contribution is -0.385. The zero-order valence-corrected chi connectivity index (χ0v) is 9.81. The summed E-state index contributed by atoms with van der Waals surface area (Å²) in [6, 6.07) is 5.69. The molecule has 0 aromatic heterocycles. The molecule has 102 valence electrons. The van der Waals surface area contributed by atoms with Crippen molar-refractivity contribution in [2.24, 2.45) is 0 Å². The molecule has 0 radical (unpaired) electrons. The number of benzene rings is 1. The second kappa shape index (κ2) is 7.23. The number of ether oxygens (including phenoxy) is 1. The van der Waals surface area contributed by atoms with E-state index in [-0.39, 0.29) is 24.4 Å². The molecule has 0 aliphatic carbocycles. The van der Waals surface area contributed by atoms with Crippen LogP contribution in [-0.4, -0.2) is 31.1 Å². The molecule has 0 heterocycles. The number of anilines is 1. The molecular weight excluding hydrogens is 260 g/mol. The van der Waals surface area contributed by atoms with Gasteiger partial charge in [0.25, 0.3) is 12.1 Å². The highest BCUT2D eigenvalue weighted by atomic mass is 19.3. The summed E-state index contributed by atoms with van der Waals surface area (Å²) in [6.07, 6.45) is -2.51. The fraction of sp³-hybridized carbons (Fsp3) is 0.364. The first kappa shape index (κ1) is 14.8. The fourth-order valence-electron chi connectivity index (χ4n) is 1.33. The molecule has 0 spiro atoms. The Morgan fingerprint density at radius 1 is 1.53 bits per heavy atom. The highest BCUT2D eigenvalue weighted by Gasteiger charge is 2.13. The van der Waals surface area contributed by atoms with Crippen LogP contribution in [0.5, 0.6) is 0 Å². The van der Waals surface area contributed by atoms with E-state index in [1.165, 1.54) is 18.2 Å². The van der Waals surface area contributed by atoms with Crippen molar-refractivity contribution in [1.29, 1.82) is 5.26 Å². The van der Waals surface area contributed by atoms with Gasteiger partial charge < -0.3 is 10.1 Å². The number of nitrogens with zero attached hydrogens (tertiary/aromatic N) is 2. The second-order valence-corrected chi connectivity index (χ2v) is 3.49. The van der Waals surface area contributed by atoms with Crippen LogP contribution in [0.4, 0.5) is 20.2 Å². The normalized spacial score (nSPS) is 10.2. The minimum atomic E-state index is -2.51. The lowest BCUT2D eigenvalue weighted by atomic mass is 10.2. The predicted molar refractivity (Wildman–Crippen MR) is 63.1 cm³/mol. The van der Waals surface area contributed by atoms with Gasteiger partial charge in [-0.25, -0.2) is 8.78 Å². The van der Waals surface area contributed by atoms with E-state index in [2.05, 4.69) is 10.1 Å². The summed E-state index contributed by atoms with van der Waals surface area (Å²) < 4.78 is 28.2. The fourth-order valence-corrected chi connectivity index (χ4v) is 1.33. The highest BCUT2D eigenvalue weighted by Crippen LogP contribution is 2.21. The average Bonchev–Trinajstić information content (AvgIpc) is 2.37. The van der Waals surface area contributed by atoms with Crippen molar-refractivity contribution < 1.29 is 18.4 Å². The van der Waals surface area contributed by atoms with E-state index in [9.17, 15) is 18.9 Å². The van der Waals surface area contributed by atoms with Crippen LogP contribution in [0.3, 0.4) is 0 Å². The first-order valence-electron chi connectivity index (χ1n) is 5.33. The molecule has 6 nitrogen and oxygen atoms in total. The zero-order chi connectivity index (χ0) is 14.3. The Morgan fingerprint density at radius 3 is 2.84 bits per heavy atom. The van der Waals surface area contributed by atoms with E-state index >= 15 is 0 Å². The van der Waals surface area contributed by atoms with E-state index in [0.717, 1.165) is 0 Å². The van der Waals surface area contributed by atoms with Crippen LogP contribution in [0.15, 0.2) is 18.2 Å². The molecule has 19 heavy (non-hydrogen) atoms. The standard InChI is InChI=1S/C11H11F2N3O3/c12-11(13)7-19-4-3-15-9-1-2-10(16(17)18)8(5-9)6-14/h1-2,5,11,15H,3-4,7H2. The van der Waals surface area contributed by atoms with E-state index in [4.69, 9.17) is 5.26 Å². The van der Waals surface area contributed by atoms with Gasteiger partial charge in [-0.1, -0.05) is 0 Å². The number of hydrogen-bond acceptors (Lipinski definition) is 5. The highest BCUT2D eigenvalue weighted by molar-refractivity contribution is 5.58. The van der Waals surface area contributed by atoms with Crippen LogP contribution in [0.25, 0.3) is 0 Å². The summed E-state index contributed by atoms with van der Waals surface area (Å²) in [4.78, 5) is 9.95. The quantitative estimate of drug-likeness (QED) is 0.466. The van der Waals surface area contributed by atoms with Crippen LogP contribution >= 0.6 is 0 Å². The molecule has 0 saturated heterocycles. The Labute approximate surface area is 107 Å². The van der Waals surface area contributed by atoms with Crippen molar-refractivity contribution in [3.63, 3.8) is 0 Å². The molecule has 8 heteroatoms. The van der Waals surface area contributed by atoms with E-state index in [1.54, 1.807) is 6.07 Å². The van der Waals surface area contributed by atoms with Crippen molar-refractivity contribution in [2.45, 2.75) is 6.43 Å². The van der Waals surface area contributed by atoms with Gasteiger partial charge in [-0.2, -0.15) is 5.26 Å². The van der Waals surface area contributed by atoms with E-state index in [1.807, 2.05) is 0 Å². The number of nitro groups is 1. The topological polar surface area (TPSA) is 88.2 Å². The number of alkyl halides is 2. The van der Waals surface area contributed by atoms with Gasteiger partial charge in [0.1, 0.15) is 18.2 Å². The maximum Gasteiger partial charge on any atom is 0.287 e. The van der Waals surface area contributed by atoms with Gasteiger partial charge in [0, 0.05) is 18.3 Å². The number of halogens is 2. The molecular formula is C11H11F2N3O3. The van der Waals surface area contributed by atoms with Gasteiger partial charge in [-0.3, -0.25) is 10.1 Å². The summed E-state index contributed by atoms with van der Waals surface area (Å²) in [6.45, 7) is -0.302. The Bertz CT molecular complexity index is 489. The van der Waals surface area contributed by atoms with Crippen LogP contribution < -0.4 is 5.32 Å². The lowest BCUT2D eigenvalue weighted by Gasteiger charge is -2.07. The maximum atomic E-state index is 11.8. The third-order valence-electron chi connectivity index (χ3n) is 2.13. The number of nitriles is 1. The Morgan fingerprint density at radius 2 is 2.26 bits per heavy atom. The number of nitrogens with one attached hydrogen (secondary N) is 1. The van der Waals surface area contributed by atoms with Gasteiger partial charge in [0.05, 0.1) is 11.5 Å². The summed E-state index contributed by atoms with van der Waals surface area (Å²) in [5, 5.41) is 22.2. The van der Waals surface area contributed by atoms with Crippen LogP contribution in [0.2, 0.25) is 0 Å². The first-order valence-corrected chi connectivity index (χ1v) is 5.33. The van der Waals surface area contributed by atoms with Crippen molar-refractivity contribution in [1.82, 2.24) is 0 Å². The molecule has 0 saturated carbocycles. The molecule has 0 aliphatic heterocycles. The van der Waals surface area contributed by atoms with Crippen molar-refractivity contribution in [2.75, 3.05) is 25.1 Å². The molecule has 0 aliphatic rings.